The smallest absolute Gasteiger partial charge is 0.227 e. The van der Waals surface area contributed by atoms with Crippen LogP contribution in [-0.2, 0) is 17.7 Å². The highest BCUT2D eigenvalue weighted by molar-refractivity contribution is 5.88. The van der Waals surface area contributed by atoms with Crippen LogP contribution in [0.5, 0.6) is 0 Å². The molecule has 2 aliphatic rings. The summed E-state index contributed by atoms with van der Waals surface area (Å²) in [6.07, 6.45) is 5.02. The van der Waals surface area contributed by atoms with E-state index in [9.17, 15) is 0 Å². The van der Waals surface area contributed by atoms with Gasteiger partial charge in [0.15, 0.2) is 0 Å². The van der Waals surface area contributed by atoms with Crippen LogP contribution in [0.3, 0.4) is 0 Å². The molecule has 30 heavy (non-hydrogen) atoms. The van der Waals surface area contributed by atoms with E-state index in [-0.39, 0.29) is 0 Å². The molecule has 0 saturated carbocycles. The van der Waals surface area contributed by atoms with Crippen molar-refractivity contribution in [3.8, 4) is 0 Å². The molecule has 0 atom stereocenters. The van der Waals surface area contributed by atoms with Gasteiger partial charge in [-0.1, -0.05) is 36.4 Å². The average molecular weight is 399 g/mol. The van der Waals surface area contributed by atoms with Gasteiger partial charge in [0.05, 0.1) is 18.9 Å². The number of rotatable bonds is 5. The number of nitrogens with zero attached hydrogens (tertiary/aromatic N) is 3. The number of morpholine rings is 1. The van der Waals surface area contributed by atoms with Gasteiger partial charge in [-0.05, 0) is 47.4 Å². The number of hydrogen-bond donors (Lipinski definition) is 1. The van der Waals surface area contributed by atoms with Crippen molar-refractivity contribution >= 4 is 23.3 Å². The van der Waals surface area contributed by atoms with Crippen molar-refractivity contribution in [3.63, 3.8) is 0 Å². The molecule has 1 aliphatic heterocycles. The van der Waals surface area contributed by atoms with Crippen LogP contribution in [0.4, 0.5) is 11.6 Å². The van der Waals surface area contributed by atoms with E-state index in [2.05, 4.69) is 76.7 Å². The molecule has 0 radical (unpaired) electrons. The van der Waals surface area contributed by atoms with E-state index in [1.54, 1.807) is 0 Å². The summed E-state index contributed by atoms with van der Waals surface area (Å²) in [5.41, 5.74) is 8.39. The van der Waals surface area contributed by atoms with Crippen molar-refractivity contribution in [3.05, 3.63) is 82.7 Å². The quantitative estimate of drug-likeness (QED) is 0.688. The molecule has 0 bridgehead atoms. The highest BCUT2D eigenvalue weighted by atomic mass is 16.5. The van der Waals surface area contributed by atoms with Crippen LogP contribution in [0.25, 0.3) is 11.6 Å². The molecule has 5 rings (SSSR count). The average Bonchev–Trinajstić information content (AvgIpc) is 3.19. The maximum absolute atomic E-state index is 5.42. The fourth-order valence-electron chi connectivity index (χ4n) is 4.11. The Morgan fingerprint density at radius 1 is 1.03 bits per heavy atom. The van der Waals surface area contributed by atoms with Crippen LogP contribution in [-0.4, -0.2) is 41.2 Å². The summed E-state index contributed by atoms with van der Waals surface area (Å²) >= 11 is 0. The van der Waals surface area contributed by atoms with E-state index in [4.69, 9.17) is 9.72 Å². The minimum atomic E-state index is 0.636. The normalized spacial score (nSPS) is 16.2. The predicted molar refractivity (Wildman–Crippen MR) is 121 cm³/mol. The lowest BCUT2D eigenvalue weighted by Gasteiger charge is -2.26. The Balaban J connectivity index is 1.28. The Hall–Kier alpha value is -3.02. The van der Waals surface area contributed by atoms with Gasteiger partial charge >= 0.3 is 0 Å². The van der Waals surface area contributed by atoms with Gasteiger partial charge in [-0.25, -0.2) is 9.97 Å². The largest absolute Gasteiger partial charge is 0.379 e. The number of nitrogens with one attached hydrogen (secondary N) is 1. The predicted octanol–water partition coefficient (Wildman–Crippen LogP) is 4.46. The van der Waals surface area contributed by atoms with Crippen LogP contribution < -0.4 is 5.32 Å². The monoisotopic (exact) mass is 398 g/mol. The van der Waals surface area contributed by atoms with Gasteiger partial charge < -0.3 is 10.1 Å². The molecule has 2 heterocycles. The summed E-state index contributed by atoms with van der Waals surface area (Å²) in [7, 11) is 0. The van der Waals surface area contributed by atoms with Crippen molar-refractivity contribution in [2.24, 2.45) is 0 Å². The van der Waals surface area contributed by atoms with Crippen molar-refractivity contribution in [1.82, 2.24) is 14.9 Å². The maximum Gasteiger partial charge on any atom is 0.227 e. The fourth-order valence-corrected chi connectivity index (χ4v) is 4.11. The molecule has 1 aromatic heterocycles. The number of hydrogen-bond acceptors (Lipinski definition) is 5. The lowest BCUT2D eigenvalue weighted by molar-refractivity contribution is 0.0342. The number of allylic oxidation sites excluding steroid dienone is 1. The number of anilines is 2. The van der Waals surface area contributed by atoms with Crippen LogP contribution in [0, 0.1) is 6.92 Å². The van der Waals surface area contributed by atoms with Crippen LogP contribution in [0.15, 0.2) is 54.7 Å². The number of fused-ring (bicyclic) bond motifs is 1. The summed E-state index contributed by atoms with van der Waals surface area (Å²) in [5.74, 6) is 0.636. The SMILES string of the molecule is Cc1ccccc1C1=Cc2nc(Nc3ccc(CN4CCOCC4)cc3)ncc2C1. The van der Waals surface area contributed by atoms with Gasteiger partial charge in [-0.2, -0.15) is 0 Å². The zero-order chi connectivity index (χ0) is 20.3. The van der Waals surface area contributed by atoms with Crippen LogP contribution in [0.1, 0.15) is 27.9 Å². The molecule has 5 nitrogen and oxygen atoms in total. The zero-order valence-electron chi connectivity index (χ0n) is 17.3. The van der Waals surface area contributed by atoms with E-state index in [0.717, 1.165) is 50.7 Å². The number of benzene rings is 2. The molecule has 1 fully saturated rings. The van der Waals surface area contributed by atoms with Crippen molar-refractivity contribution in [1.29, 1.82) is 0 Å². The molecular weight excluding hydrogens is 372 g/mol. The van der Waals surface area contributed by atoms with Crippen molar-refractivity contribution in [2.45, 2.75) is 19.9 Å². The van der Waals surface area contributed by atoms with Crippen molar-refractivity contribution < 1.29 is 4.74 Å². The minimum Gasteiger partial charge on any atom is -0.379 e. The second-order valence-corrected chi connectivity index (χ2v) is 7.98. The highest BCUT2D eigenvalue weighted by Gasteiger charge is 2.18. The molecule has 5 heteroatoms. The highest BCUT2D eigenvalue weighted by Crippen LogP contribution is 2.32. The fraction of sp³-hybridized carbons (Fsp3) is 0.280. The summed E-state index contributed by atoms with van der Waals surface area (Å²) in [5, 5.41) is 3.35. The van der Waals surface area contributed by atoms with E-state index in [0.29, 0.717) is 5.95 Å². The van der Waals surface area contributed by atoms with Crippen LogP contribution >= 0.6 is 0 Å². The molecule has 0 spiro atoms. The first-order valence-corrected chi connectivity index (χ1v) is 10.5. The third-order valence-electron chi connectivity index (χ3n) is 5.80. The first-order chi connectivity index (χ1) is 14.7. The lowest BCUT2D eigenvalue weighted by Crippen LogP contribution is -2.35. The van der Waals surface area contributed by atoms with Gasteiger partial charge in [0.25, 0.3) is 0 Å². The maximum atomic E-state index is 5.42. The minimum absolute atomic E-state index is 0.636. The van der Waals surface area contributed by atoms with E-state index < -0.39 is 0 Å². The summed E-state index contributed by atoms with van der Waals surface area (Å²) in [6.45, 7) is 6.78. The molecule has 1 saturated heterocycles. The first-order valence-electron chi connectivity index (χ1n) is 10.5. The zero-order valence-corrected chi connectivity index (χ0v) is 17.3. The van der Waals surface area contributed by atoms with Gasteiger partial charge in [0.1, 0.15) is 0 Å². The summed E-state index contributed by atoms with van der Waals surface area (Å²) in [4.78, 5) is 11.7. The lowest BCUT2D eigenvalue weighted by atomic mass is 9.99. The topological polar surface area (TPSA) is 50.3 Å². The number of aromatic nitrogens is 2. The third-order valence-corrected chi connectivity index (χ3v) is 5.80. The molecular formula is C25H26N4O. The van der Waals surface area contributed by atoms with Gasteiger partial charge in [0, 0.05) is 43.5 Å². The second kappa shape index (κ2) is 8.38. The molecule has 152 valence electrons. The van der Waals surface area contributed by atoms with Crippen LogP contribution in [0.2, 0.25) is 0 Å². The molecule has 1 aliphatic carbocycles. The van der Waals surface area contributed by atoms with E-state index >= 15 is 0 Å². The summed E-state index contributed by atoms with van der Waals surface area (Å²) < 4.78 is 5.42. The van der Waals surface area contributed by atoms with Gasteiger partial charge in [0.2, 0.25) is 5.95 Å². The Morgan fingerprint density at radius 2 is 1.83 bits per heavy atom. The Morgan fingerprint density at radius 3 is 2.63 bits per heavy atom. The number of aryl methyl sites for hydroxylation is 1. The molecule has 2 aromatic carbocycles. The van der Waals surface area contributed by atoms with E-state index in [1.807, 2.05) is 6.20 Å². The number of ether oxygens (including phenoxy) is 1. The molecule has 3 aromatic rings. The Labute approximate surface area is 177 Å². The third kappa shape index (κ3) is 4.13. The first kappa shape index (κ1) is 19.0. The van der Waals surface area contributed by atoms with Gasteiger partial charge in [-0.3, -0.25) is 4.90 Å². The molecule has 1 N–H and O–H groups in total. The second-order valence-electron chi connectivity index (χ2n) is 7.98. The van der Waals surface area contributed by atoms with Gasteiger partial charge in [-0.15, -0.1) is 0 Å². The standard InChI is InChI=1S/C25H26N4O/c1-18-4-2-3-5-23(18)20-14-21-16-26-25(28-24(21)15-20)27-22-8-6-19(7-9-22)17-29-10-12-30-13-11-29/h2-9,15-16H,10-14,17H2,1H3,(H,26,27,28). The molecule has 0 amide bonds. The Bertz CT molecular complexity index is 1070. The molecule has 0 unspecified atom stereocenters. The van der Waals surface area contributed by atoms with Crippen molar-refractivity contribution in [2.75, 3.05) is 31.6 Å². The summed E-state index contributed by atoms with van der Waals surface area (Å²) in [6, 6.07) is 17.0. The Kier molecular flexibility index (Phi) is 5.30. The van der Waals surface area contributed by atoms with E-state index in [1.165, 1.54) is 27.8 Å².